The number of hydrogen-bond donors (Lipinski definition) is 2. The molecular formula is C18H17ClF2N2O3. The highest BCUT2D eigenvalue weighted by Gasteiger charge is 2.12. The Kier molecular flexibility index (Phi) is 6.91. The van der Waals surface area contributed by atoms with Crippen LogP contribution in [0.1, 0.15) is 23.7 Å². The molecule has 2 amide bonds. The fourth-order valence-electron chi connectivity index (χ4n) is 2.13. The first-order chi connectivity index (χ1) is 12.4. The van der Waals surface area contributed by atoms with E-state index < -0.39 is 23.4 Å². The normalized spacial score (nSPS) is 10.3. The Bertz CT molecular complexity index is 815. The van der Waals surface area contributed by atoms with Crippen LogP contribution in [-0.2, 0) is 4.79 Å². The molecule has 2 aromatic rings. The molecule has 2 N–H and O–H groups in total. The Balaban J connectivity index is 1.83. The van der Waals surface area contributed by atoms with Crippen LogP contribution in [0.2, 0.25) is 5.02 Å². The number of amides is 2. The van der Waals surface area contributed by atoms with Gasteiger partial charge in [0.15, 0.2) is 11.6 Å². The molecule has 0 bridgehead atoms. The maximum Gasteiger partial charge on any atom is 0.252 e. The van der Waals surface area contributed by atoms with Gasteiger partial charge in [-0.3, -0.25) is 9.59 Å². The van der Waals surface area contributed by atoms with Gasteiger partial charge in [0.2, 0.25) is 5.91 Å². The summed E-state index contributed by atoms with van der Waals surface area (Å²) in [6.45, 7) is 2.11. The molecule has 2 aromatic carbocycles. The summed E-state index contributed by atoms with van der Waals surface area (Å²) in [6.07, 6.45) is -0.0284. The molecule has 0 unspecified atom stereocenters. The number of hydrogen-bond acceptors (Lipinski definition) is 3. The largest absolute Gasteiger partial charge is 0.491 e. The number of anilines is 1. The number of nitrogens with one attached hydrogen (secondary N) is 2. The molecule has 0 saturated heterocycles. The highest BCUT2D eigenvalue weighted by molar-refractivity contribution is 6.33. The van der Waals surface area contributed by atoms with Gasteiger partial charge in [-0.15, -0.1) is 0 Å². The number of ether oxygens (including phenoxy) is 1. The van der Waals surface area contributed by atoms with Crippen LogP contribution < -0.4 is 15.4 Å². The van der Waals surface area contributed by atoms with E-state index in [4.69, 9.17) is 16.3 Å². The molecule has 0 saturated carbocycles. The summed E-state index contributed by atoms with van der Waals surface area (Å²) in [7, 11) is 0. The fourth-order valence-corrected chi connectivity index (χ4v) is 2.39. The summed E-state index contributed by atoms with van der Waals surface area (Å²) in [6, 6.07) is 7.50. The fraction of sp³-hybridized carbons (Fsp3) is 0.222. The Morgan fingerprint density at radius 2 is 1.92 bits per heavy atom. The molecule has 0 atom stereocenters. The monoisotopic (exact) mass is 382 g/mol. The van der Waals surface area contributed by atoms with Crippen LogP contribution >= 0.6 is 11.6 Å². The van der Waals surface area contributed by atoms with Crippen molar-refractivity contribution in [3.63, 3.8) is 0 Å². The Hall–Kier alpha value is -2.67. The van der Waals surface area contributed by atoms with E-state index in [1.54, 1.807) is 6.92 Å². The van der Waals surface area contributed by atoms with Gasteiger partial charge in [0, 0.05) is 24.7 Å². The van der Waals surface area contributed by atoms with Crippen LogP contribution in [-0.4, -0.2) is 25.0 Å². The lowest BCUT2D eigenvalue weighted by molar-refractivity contribution is -0.116. The molecule has 0 aliphatic carbocycles. The van der Waals surface area contributed by atoms with Crippen molar-refractivity contribution >= 4 is 29.1 Å². The quantitative estimate of drug-likeness (QED) is 0.765. The highest BCUT2D eigenvalue weighted by Crippen LogP contribution is 2.21. The zero-order chi connectivity index (χ0) is 19.1. The highest BCUT2D eigenvalue weighted by atomic mass is 35.5. The number of rotatable bonds is 7. The van der Waals surface area contributed by atoms with Gasteiger partial charge in [-0.2, -0.15) is 0 Å². The predicted molar refractivity (Wildman–Crippen MR) is 94.6 cm³/mol. The van der Waals surface area contributed by atoms with Gasteiger partial charge in [0.1, 0.15) is 5.82 Å². The zero-order valence-corrected chi connectivity index (χ0v) is 14.7. The molecule has 8 heteroatoms. The standard InChI is InChI=1S/C18H17ClF2N2O3/c1-2-26-16-6-4-12(10-15(16)21)23-17(24)7-8-22-18(25)13-5-3-11(20)9-14(13)19/h3-6,9-10H,2,7-8H2,1H3,(H,22,25)(H,23,24). The summed E-state index contributed by atoms with van der Waals surface area (Å²) in [5, 5.41) is 5.02. The minimum Gasteiger partial charge on any atom is -0.491 e. The summed E-state index contributed by atoms with van der Waals surface area (Å²) in [5.41, 5.74) is 0.394. The van der Waals surface area contributed by atoms with E-state index in [2.05, 4.69) is 10.6 Å². The molecule has 0 aliphatic rings. The van der Waals surface area contributed by atoms with E-state index in [9.17, 15) is 18.4 Å². The first-order valence-corrected chi connectivity index (χ1v) is 8.24. The lowest BCUT2D eigenvalue weighted by Gasteiger charge is -2.09. The average Bonchev–Trinajstić information content (AvgIpc) is 2.57. The molecule has 5 nitrogen and oxygen atoms in total. The maximum atomic E-state index is 13.7. The summed E-state index contributed by atoms with van der Waals surface area (Å²) in [5.74, 6) is -1.94. The zero-order valence-electron chi connectivity index (χ0n) is 13.9. The summed E-state index contributed by atoms with van der Waals surface area (Å²) >= 11 is 5.80. The summed E-state index contributed by atoms with van der Waals surface area (Å²) < 4.78 is 31.8. The van der Waals surface area contributed by atoms with Gasteiger partial charge < -0.3 is 15.4 Å². The molecule has 0 spiro atoms. The number of benzene rings is 2. The van der Waals surface area contributed by atoms with Crippen molar-refractivity contribution in [2.75, 3.05) is 18.5 Å². The van der Waals surface area contributed by atoms with E-state index in [0.717, 1.165) is 18.2 Å². The third kappa shape index (κ3) is 5.42. The maximum absolute atomic E-state index is 13.7. The van der Waals surface area contributed by atoms with Crippen LogP contribution in [0, 0.1) is 11.6 Å². The third-order valence-electron chi connectivity index (χ3n) is 3.33. The Morgan fingerprint density at radius 1 is 1.15 bits per heavy atom. The molecule has 0 aliphatic heterocycles. The van der Waals surface area contributed by atoms with Gasteiger partial charge in [0.25, 0.3) is 5.91 Å². The third-order valence-corrected chi connectivity index (χ3v) is 3.64. The molecule has 138 valence electrons. The number of halogens is 3. The minimum atomic E-state index is -0.580. The van der Waals surface area contributed by atoms with Crippen LogP contribution in [0.15, 0.2) is 36.4 Å². The van der Waals surface area contributed by atoms with Crippen molar-refractivity contribution < 1.29 is 23.1 Å². The van der Waals surface area contributed by atoms with E-state index in [0.29, 0.717) is 6.61 Å². The lowest BCUT2D eigenvalue weighted by atomic mass is 10.2. The number of carbonyl (C=O) groups excluding carboxylic acids is 2. The van der Waals surface area contributed by atoms with Gasteiger partial charge in [-0.25, -0.2) is 8.78 Å². The van der Waals surface area contributed by atoms with Gasteiger partial charge in [-0.1, -0.05) is 11.6 Å². The van der Waals surface area contributed by atoms with Crippen molar-refractivity contribution in [2.45, 2.75) is 13.3 Å². The summed E-state index contributed by atoms with van der Waals surface area (Å²) in [4.78, 5) is 23.8. The van der Waals surface area contributed by atoms with Gasteiger partial charge in [0.05, 0.1) is 17.2 Å². The van der Waals surface area contributed by atoms with Crippen LogP contribution in [0.3, 0.4) is 0 Å². The first-order valence-electron chi connectivity index (χ1n) is 7.86. The second-order valence-corrected chi connectivity index (χ2v) is 5.66. The first kappa shape index (κ1) is 19.7. The van der Waals surface area contributed by atoms with E-state index in [1.807, 2.05) is 0 Å². The van der Waals surface area contributed by atoms with Crippen LogP contribution in [0.4, 0.5) is 14.5 Å². The van der Waals surface area contributed by atoms with Crippen molar-refractivity contribution in [1.82, 2.24) is 5.32 Å². The molecule has 0 aromatic heterocycles. The van der Waals surface area contributed by atoms with E-state index in [-0.39, 0.29) is 35.0 Å². The van der Waals surface area contributed by atoms with E-state index >= 15 is 0 Å². The van der Waals surface area contributed by atoms with Gasteiger partial charge in [-0.05, 0) is 37.3 Å². The molecule has 2 rings (SSSR count). The minimum absolute atomic E-state index is 0.0168. The van der Waals surface area contributed by atoms with Crippen LogP contribution in [0.25, 0.3) is 0 Å². The molecule has 26 heavy (non-hydrogen) atoms. The van der Waals surface area contributed by atoms with E-state index in [1.165, 1.54) is 18.2 Å². The van der Waals surface area contributed by atoms with Crippen molar-refractivity contribution in [1.29, 1.82) is 0 Å². The molecular weight excluding hydrogens is 366 g/mol. The van der Waals surface area contributed by atoms with Crippen molar-refractivity contribution in [3.8, 4) is 5.75 Å². The second kappa shape index (κ2) is 9.15. The lowest BCUT2D eigenvalue weighted by Crippen LogP contribution is -2.27. The van der Waals surface area contributed by atoms with Gasteiger partial charge >= 0.3 is 0 Å². The Morgan fingerprint density at radius 3 is 2.58 bits per heavy atom. The SMILES string of the molecule is CCOc1ccc(NC(=O)CCNC(=O)c2ccc(F)cc2Cl)cc1F. The van der Waals surface area contributed by atoms with Crippen molar-refractivity contribution in [3.05, 3.63) is 58.6 Å². The topological polar surface area (TPSA) is 67.4 Å². The van der Waals surface area contributed by atoms with Crippen LogP contribution in [0.5, 0.6) is 5.75 Å². The molecule has 0 fully saturated rings. The predicted octanol–water partition coefficient (Wildman–Crippen LogP) is 3.78. The smallest absolute Gasteiger partial charge is 0.252 e. The second-order valence-electron chi connectivity index (χ2n) is 5.26. The molecule has 0 radical (unpaired) electrons. The number of carbonyl (C=O) groups is 2. The average molecular weight is 383 g/mol. The van der Waals surface area contributed by atoms with Crippen molar-refractivity contribution in [2.24, 2.45) is 0 Å². The molecule has 0 heterocycles. The Labute approximate surface area is 154 Å².